The second-order valence-electron chi connectivity index (χ2n) is 5.83. The van der Waals surface area contributed by atoms with Gasteiger partial charge in [0.1, 0.15) is 5.82 Å². The Kier molecular flexibility index (Phi) is 5.66. The Morgan fingerprint density at radius 2 is 1.89 bits per heavy atom. The quantitative estimate of drug-likeness (QED) is 0.368. The predicted molar refractivity (Wildman–Crippen MR) is 101 cm³/mol. The number of benzene rings is 2. The number of hydrogen-bond acceptors (Lipinski definition) is 5. The third-order valence-corrected chi connectivity index (χ3v) is 4.15. The van der Waals surface area contributed by atoms with Gasteiger partial charge in [0.25, 0.3) is 5.82 Å². The van der Waals surface area contributed by atoms with E-state index in [0.29, 0.717) is 22.6 Å². The Bertz CT molecular complexity index is 983. The van der Waals surface area contributed by atoms with Gasteiger partial charge in [0.15, 0.2) is 5.78 Å². The zero-order chi connectivity index (χ0) is 19.4. The molecule has 0 fully saturated rings. The van der Waals surface area contributed by atoms with Crippen molar-refractivity contribution in [1.82, 2.24) is 14.8 Å². The molecular formula is C20H18ClN3O3. The minimum absolute atomic E-state index is 0.0270. The van der Waals surface area contributed by atoms with E-state index in [1.807, 2.05) is 19.1 Å². The van der Waals surface area contributed by atoms with E-state index in [1.165, 1.54) is 4.68 Å². The SMILES string of the molecule is CCOC(=O)c1nc(CCl)n(-c2ccc(C)cc2C(=O)c2ccccc2)n1. The molecule has 0 aliphatic heterocycles. The highest BCUT2D eigenvalue weighted by Crippen LogP contribution is 2.22. The van der Waals surface area contributed by atoms with Crippen molar-refractivity contribution >= 4 is 23.4 Å². The van der Waals surface area contributed by atoms with Gasteiger partial charge in [-0.05, 0) is 26.0 Å². The van der Waals surface area contributed by atoms with Gasteiger partial charge in [-0.1, -0.05) is 42.0 Å². The normalized spacial score (nSPS) is 10.6. The summed E-state index contributed by atoms with van der Waals surface area (Å²) in [5, 5.41) is 4.23. The number of carbonyl (C=O) groups excluding carboxylic acids is 2. The van der Waals surface area contributed by atoms with Gasteiger partial charge in [0.05, 0.1) is 18.2 Å². The van der Waals surface area contributed by atoms with Gasteiger partial charge in [0.2, 0.25) is 0 Å². The fourth-order valence-corrected chi connectivity index (χ4v) is 2.84. The van der Waals surface area contributed by atoms with Crippen LogP contribution in [0.1, 0.15) is 44.9 Å². The number of hydrogen-bond donors (Lipinski definition) is 0. The molecule has 0 saturated carbocycles. The van der Waals surface area contributed by atoms with Crippen LogP contribution in [0.25, 0.3) is 5.69 Å². The van der Waals surface area contributed by atoms with E-state index in [2.05, 4.69) is 10.1 Å². The van der Waals surface area contributed by atoms with E-state index in [1.54, 1.807) is 43.3 Å². The molecule has 1 heterocycles. The lowest BCUT2D eigenvalue weighted by atomic mass is 10.00. The molecule has 7 heteroatoms. The van der Waals surface area contributed by atoms with Gasteiger partial charge in [0, 0.05) is 11.1 Å². The zero-order valence-corrected chi connectivity index (χ0v) is 15.7. The molecule has 0 N–H and O–H groups in total. The lowest BCUT2D eigenvalue weighted by Gasteiger charge is -2.11. The van der Waals surface area contributed by atoms with Gasteiger partial charge in [-0.3, -0.25) is 4.79 Å². The van der Waals surface area contributed by atoms with Crippen molar-refractivity contribution in [2.45, 2.75) is 19.7 Å². The van der Waals surface area contributed by atoms with Crippen LogP contribution in [0.3, 0.4) is 0 Å². The molecule has 0 amide bonds. The molecule has 0 bridgehead atoms. The molecule has 3 aromatic rings. The number of rotatable bonds is 6. The molecular weight excluding hydrogens is 366 g/mol. The van der Waals surface area contributed by atoms with Crippen LogP contribution in [0.15, 0.2) is 48.5 Å². The van der Waals surface area contributed by atoms with E-state index < -0.39 is 5.97 Å². The summed E-state index contributed by atoms with van der Waals surface area (Å²) < 4.78 is 6.38. The minimum atomic E-state index is -0.634. The van der Waals surface area contributed by atoms with Crippen molar-refractivity contribution in [2.24, 2.45) is 0 Å². The summed E-state index contributed by atoms with van der Waals surface area (Å²) in [6.45, 7) is 3.82. The van der Waals surface area contributed by atoms with Crippen molar-refractivity contribution in [3.05, 3.63) is 76.9 Å². The molecule has 0 aliphatic rings. The number of carbonyl (C=O) groups is 2. The predicted octanol–water partition coefficient (Wildman–Crippen LogP) is 3.72. The fraction of sp³-hybridized carbons (Fsp3) is 0.200. The molecule has 138 valence electrons. The third-order valence-electron chi connectivity index (χ3n) is 3.91. The van der Waals surface area contributed by atoms with Gasteiger partial charge in [-0.15, -0.1) is 16.7 Å². The summed E-state index contributed by atoms with van der Waals surface area (Å²) in [5.74, 6) is -0.496. The molecule has 0 radical (unpaired) electrons. The summed E-state index contributed by atoms with van der Waals surface area (Å²) in [5.41, 5.74) is 2.44. The summed E-state index contributed by atoms with van der Waals surface area (Å²) in [6.07, 6.45) is 0. The van der Waals surface area contributed by atoms with Crippen LogP contribution in [-0.2, 0) is 10.6 Å². The first-order valence-corrected chi connectivity index (χ1v) is 8.98. The summed E-state index contributed by atoms with van der Waals surface area (Å²) in [7, 11) is 0. The molecule has 27 heavy (non-hydrogen) atoms. The van der Waals surface area contributed by atoms with Crippen LogP contribution in [-0.4, -0.2) is 33.1 Å². The Morgan fingerprint density at radius 3 is 2.56 bits per heavy atom. The fourth-order valence-electron chi connectivity index (χ4n) is 2.67. The van der Waals surface area contributed by atoms with Crippen molar-refractivity contribution in [3.8, 4) is 5.69 Å². The first-order chi connectivity index (χ1) is 13.0. The Labute approximate surface area is 161 Å². The number of ketones is 1. The van der Waals surface area contributed by atoms with Crippen LogP contribution >= 0.6 is 11.6 Å². The number of ether oxygens (including phenoxy) is 1. The third kappa shape index (κ3) is 3.90. The zero-order valence-electron chi connectivity index (χ0n) is 15.0. The van der Waals surface area contributed by atoms with Crippen molar-refractivity contribution in [3.63, 3.8) is 0 Å². The van der Waals surface area contributed by atoms with Crippen molar-refractivity contribution in [2.75, 3.05) is 6.61 Å². The number of alkyl halides is 1. The summed E-state index contributed by atoms with van der Waals surface area (Å²) in [6, 6.07) is 14.4. The van der Waals surface area contributed by atoms with E-state index in [4.69, 9.17) is 16.3 Å². The largest absolute Gasteiger partial charge is 0.460 e. The topological polar surface area (TPSA) is 74.1 Å². The molecule has 0 spiro atoms. The van der Waals surface area contributed by atoms with E-state index in [-0.39, 0.29) is 24.1 Å². The number of nitrogens with zero attached hydrogens (tertiary/aromatic N) is 3. The molecule has 3 rings (SSSR count). The maximum absolute atomic E-state index is 13.0. The average molecular weight is 384 g/mol. The van der Waals surface area contributed by atoms with Crippen LogP contribution in [0.2, 0.25) is 0 Å². The lowest BCUT2D eigenvalue weighted by Crippen LogP contribution is -2.12. The second kappa shape index (κ2) is 8.14. The van der Waals surface area contributed by atoms with Gasteiger partial charge in [-0.2, -0.15) is 0 Å². The lowest BCUT2D eigenvalue weighted by molar-refractivity contribution is 0.0512. The maximum Gasteiger partial charge on any atom is 0.378 e. The van der Waals surface area contributed by atoms with Gasteiger partial charge >= 0.3 is 5.97 Å². The van der Waals surface area contributed by atoms with Crippen molar-refractivity contribution < 1.29 is 14.3 Å². The van der Waals surface area contributed by atoms with E-state index in [9.17, 15) is 9.59 Å². The number of halogens is 1. The first kappa shape index (κ1) is 18.8. The molecule has 0 aliphatic carbocycles. The highest BCUT2D eigenvalue weighted by molar-refractivity contribution is 6.17. The average Bonchev–Trinajstić information content (AvgIpc) is 3.12. The molecule has 6 nitrogen and oxygen atoms in total. The molecule has 2 aromatic carbocycles. The molecule has 1 aromatic heterocycles. The smallest absolute Gasteiger partial charge is 0.378 e. The maximum atomic E-state index is 13.0. The number of esters is 1. The molecule has 0 unspecified atom stereocenters. The summed E-state index contributed by atoms with van der Waals surface area (Å²) in [4.78, 5) is 29.2. The van der Waals surface area contributed by atoms with Gasteiger partial charge in [-0.25, -0.2) is 14.5 Å². The number of aryl methyl sites for hydroxylation is 1. The Hall–Kier alpha value is -2.99. The Balaban J connectivity index is 2.13. The minimum Gasteiger partial charge on any atom is -0.460 e. The highest BCUT2D eigenvalue weighted by Gasteiger charge is 2.22. The van der Waals surface area contributed by atoms with E-state index in [0.717, 1.165) is 5.56 Å². The highest BCUT2D eigenvalue weighted by atomic mass is 35.5. The van der Waals surface area contributed by atoms with Crippen LogP contribution in [0, 0.1) is 6.92 Å². The van der Waals surface area contributed by atoms with Gasteiger partial charge < -0.3 is 4.74 Å². The Morgan fingerprint density at radius 1 is 1.15 bits per heavy atom. The van der Waals surface area contributed by atoms with Crippen LogP contribution < -0.4 is 0 Å². The standard InChI is InChI=1S/C20H18ClN3O3/c1-3-27-20(26)19-22-17(12-21)24(23-19)16-10-9-13(2)11-15(16)18(25)14-7-5-4-6-8-14/h4-11H,3,12H2,1-2H3. The molecule has 0 atom stereocenters. The molecule has 0 saturated heterocycles. The second-order valence-corrected chi connectivity index (χ2v) is 6.10. The van der Waals surface area contributed by atoms with Crippen LogP contribution in [0.5, 0.6) is 0 Å². The summed E-state index contributed by atoms with van der Waals surface area (Å²) >= 11 is 6.00. The first-order valence-electron chi connectivity index (χ1n) is 8.45. The van der Waals surface area contributed by atoms with Crippen LogP contribution in [0.4, 0.5) is 0 Å². The number of aromatic nitrogens is 3. The monoisotopic (exact) mass is 383 g/mol. The van der Waals surface area contributed by atoms with Crippen molar-refractivity contribution in [1.29, 1.82) is 0 Å². The van der Waals surface area contributed by atoms with E-state index >= 15 is 0 Å².